The lowest BCUT2D eigenvalue weighted by atomic mass is 10.0. The molecule has 0 bridgehead atoms. The van der Waals surface area contributed by atoms with Gasteiger partial charge in [0.2, 0.25) is 0 Å². The molecule has 0 amide bonds. The highest BCUT2D eigenvalue weighted by molar-refractivity contribution is 5.43. The van der Waals surface area contributed by atoms with E-state index in [9.17, 15) is 0 Å². The molecule has 1 aliphatic heterocycles. The van der Waals surface area contributed by atoms with Crippen LogP contribution in [-0.4, -0.2) is 50.0 Å². The largest absolute Gasteiger partial charge is 0.350 e. The molecule has 2 aromatic rings. The number of anilines is 1. The lowest BCUT2D eigenvalue weighted by Crippen LogP contribution is -2.46. The average Bonchev–Trinajstić information content (AvgIpc) is 3.42. The Morgan fingerprint density at radius 1 is 1.04 bits per heavy atom. The van der Waals surface area contributed by atoms with Crippen LogP contribution in [0.5, 0.6) is 0 Å². The zero-order valence-electron chi connectivity index (χ0n) is 15.1. The van der Waals surface area contributed by atoms with E-state index in [0.717, 1.165) is 42.7 Å². The quantitative estimate of drug-likeness (QED) is 0.835. The van der Waals surface area contributed by atoms with Crippen molar-refractivity contribution in [3.05, 3.63) is 41.9 Å². The third-order valence-electron chi connectivity index (χ3n) is 5.16. The molecule has 2 fully saturated rings. The zero-order valence-corrected chi connectivity index (χ0v) is 15.1. The standard InChI is InChI=1S/C19H26N6/c1-14-11-19(22-13-21-14)25(17-3-4-17)18-6-9-24(10-7-18)12-16-5-8-20-15(2)23-16/h5,8,11,13,17-18H,3-4,6-7,9-10,12H2,1-2H3. The Balaban J connectivity index is 1.40. The second-order valence-corrected chi connectivity index (χ2v) is 7.26. The van der Waals surface area contributed by atoms with Crippen LogP contribution in [0.4, 0.5) is 5.82 Å². The first-order valence-electron chi connectivity index (χ1n) is 9.27. The Morgan fingerprint density at radius 2 is 1.80 bits per heavy atom. The fourth-order valence-corrected chi connectivity index (χ4v) is 3.78. The van der Waals surface area contributed by atoms with Crippen molar-refractivity contribution < 1.29 is 0 Å². The van der Waals surface area contributed by atoms with Gasteiger partial charge in [-0.05, 0) is 45.6 Å². The number of nitrogens with zero attached hydrogens (tertiary/aromatic N) is 6. The molecular weight excluding hydrogens is 312 g/mol. The molecule has 0 unspecified atom stereocenters. The molecular formula is C19H26N6. The third kappa shape index (κ3) is 3.95. The molecule has 132 valence electrons. The number of rotatable bonds is 5. The van der Waals surface area contributed by atoms with Gasteiger partial charge in [0.25, 0.3) is 0 Å². The minimum absolute atomic E-state index is 0.588. The number of aryl methyl sites for hydroxylation is 2. The lowest BCUT2D eigenvalue weighted by molar-refractivity contribution is 0.198. The Kier molecular flexibility index (Phi) is 4.61. The highest BCUT2D eigenvalue weighted by Crippen LogP contribution is 2.35. The van der Waals surface area contributed by atoms with Crippen LogP contribution in [0.25, 0.3) is 0 Å². The normalized spacial score (nSPS) is 19.1. The summed E-state index contributed by atoms with van der Waals surface area (Å²) in [6.45, 7) is 7.14. The molecule has 1 saturated heterocycles. The highest BCUT2D eigenvalue weighted by atomic mass is 15.3. The van der Waals surface area contributed by atoms with Crippen LogP contribution in [0.2, 0.25) is 0 Å². The number of hydrogen-bond acceptors (Lipinski definition) is 6. The molecule has 0 radical (unpaired) electrons. The molecule has 0 spiro atoms. The summed E-state index contributed by atoms with van der Waals surface area (Å²) in [4.78, 5) is 22.6. The molecule has 3 heterocycles. The smallest absolute Gasteiger partial charge is 0.132 e. The molecule has 4 rings (SSSR count). The van der Waals surface area contributed by atoms with Crippen molar-refractivity contribution in [2.45, 2.75) is 58.2 Å². The van der Waals surface area contributed by atoms with Crippen LogP contribution in [0.15, 0.2) is 24.7 Å². The van der Waals surface area contributed by atoms with Crippen LogP contribution in [0.1, 0.15) is 42.9 Å². The Bertz CT molecular complexity index is 721. The first-order chi connectivity index (χ1) is 12.2. The minimum Gasteiger partial charge on any atom is -0.350 e. The number of aromatic nitrogens is 4. The Labute approximate surface area is 149 Å². The predicted octanol–water partition coefficient (Wildman–Crippen LogP) is 2.52. The topological polar surface area (TPSA) is 58.0 Å². The average molecular weight is 338 g/mol. The maximum absolute atomic E-state index is 4.56. The van der Waals surface area contributed by atoms with Gasteiger partial charge >= 0.3 is 0 Å². The summed E-state index contributed by atoms with van der Waals surface area (Å²) in [6, 6.07) is 5.42. The van der Waals surface area contributed by atoms with Crippen molar-refractivity contribution in [2.24, 2.45) is 0 Å². The van der Waals surface area contributed by atoms with Crippen LogP contribution < -0.4 is 4.90 Å². The molecule has 25 heavy (non-hydrogen) atoms. The molecule has 0 N–H and O–H groups in total. The van der Waals surface area contributed by atoms with Crippen molar-refractivity contribution in [3.8, 4) is 0 Å². The van der Waals surface area contributed by atoms with Crippen molar-refractivity contribution in [2.75, 3.05) is 18.0 Å². The van der Waals surface area contributed by atoms with Crippen molar-refractivity contribution in [1.29, 1.82) is 0 Å². The summed E-state index contributed by atoms with van der Waals surface area (Å²) >= 11 is 0. The summed E-state index contributed by atoms with van der Waals surface area (Å²) in [5, 5.41) is 0. The SMILES string of the molecule is Cc1cc(N(C2CC2)C2CCN(Cc3ccnc(C)n3)CC2)ncn1. The molecule has 1 aliphatic carbocycles. The predicted molar refractivity (Wildman–Crippen MR) is 97.3 cm³/mol. The maximum atomic E-state index is 4.56. The van der Waals surface area contributed by atoms with Gasteiger partial charge in [-0.15, -0.1) is 0 Å². The monoisotopic (exact) mass is 338 g/mol. The molecule has 0 aromatic carbocycles. The first-order valence-corrected chi connectivity index (χ1v) is 9.27. The number of piperidine rings is 1. The van der Waals surface area contributed by atoms with Gasteiger partial charge in [0, 0.05) is 49.7 Å². The van der Waals surface area contributed by atoms with Crippen LogP contribution >= 0.6 is 0 Å². The van der Waals surface area contributed by atoms with E-state index in [4.69, 9.17) is 0 Å². The fourth-order valence-electron chi connectivity index (χ4n) is 3.78. The Morgan fingerprint density at radius 3 is 2.48 bits per heavy atom. The molecule has 2 aromatic heterocycles. The summed E-state index contributed by atoms with van der Waals surface area (Å²) in [5.41, 5.74) is 2.17. The third-order valence-corrected chi connectivity index (χ3v) is 5.16. The van der Waals surface area contributed by atoms with E-state index in [-0.39, 0.29) is 0 Å². The maximum Gasteiger partial charge on any atom is 0.132 e. The Hall–Kier alpha value is -2.08. The minimum atomic E-state index is 0.588. The van der Waals surface area contributed by atoms with Gasteiger partial charge in [-0.25, -0.2) is 19.9 Å². The van der Waals surface area contributed by atoms with Crippen LogP contribution in [0, 0.1) is 13.8 Å². The van der Waals surface area contributed by atoms with Crippen molar-refractivity contribution in [1.82, 2.24) is 24.8 Å². The van der Waals surface area contributed by atoms with Crippen molar-refractivity contribution in [3.63, 3.8) is 0 Å². The van der Waals surface area contributed by atoms with E-state index >= 15 is 0 Å². The van der Waals surface area contributed by atoms with E-state index < -0.39 is 0 Å². The van der Waals surface area contributed by atoms with Gasteiger partial charge in [0.1, 0.15) is 18.0 Å². The van der Waals surface area contributed by atoms with Gasteiger partial charge in [0.05, 0.1) is 5.69 Å². The number of hydrogen-bond donors (Lipinski definition) is 0. The van der Waals surface area contributed by atoms with Crippen LogP contribution in [0.3, 0.4) is 0 Å². The molecule has 1 saturated carbocycles. The van der Waals surface area contributed by atoms with E-state index in [2.05, 4.69) is 35.8 Å². The van der Waals surface area contributed by atoms with E-state index in [1.54, 1.807) is 6.33 Å². The lowest BCUT2D eigenvalue weighted by Gasteiger charge is -2.39. The van der Waals surface area contributed by atoms with E-state index in [1.165, 1.54) is 25.7 Å². The van der Waals surface area contributed by atoms with Gasteiger partial charge in [-0.3, -0.25) is 4.90 Å². The first kappa shape index (κ1) is 16.4. The fraction of sp³-hybridized carbons (Fsp3) is 0.579. The zero-order chi connectivity index (χ0) is 17.2. The van der Waals surface area contributed by atoms with Crippen molar-refractivity contribution >= 4 is 5.82 Å². The van der Waals surface area contributed by atoms with Gasteiger partial charge in [-0.1, -0.05) is 0 Å². The van der Waals surface area contributed by atoms with E-state index in [1.807, 2.05) is 26.1 Å². The second kappa shape index (κ2) is 7.04. The summed E-state index contributed by atoms with van der Waals surface area (Å²) in [6.07, 6.45) is 8.52. The summed E-state index contributed by atoms with van der Waals surface area (Å²) < 4.78 is 0. The summed E-state index contributed by atoms with van der Waals surface area (Å²) in [7, 11) is 0. The van der Waals surface area contributed by atoms with Gasteiger partial charge in [0.15, 0.2) is 0 Å². The number of likely N-dealkylation sites (tertiary alicyclic amines) is 1. The highest BCUT2D eigenvalue weighted by Gasteiger charge is 2.36. The molecule has 2 aliphatic rings. The van der Waals surface area contributed by atoms with Gasteiger partial charge < -0.3 is 4.90 Å². The molecule has 0 atom stereocenters. The van der Waals surface area contributed by atoms with Gasteiger partial charge in [-0.2, -0.15) is 0 Å². The second-order valence-electron chi connectivity index (χ2n) is 7.26. The molecule has 6 heteroatoms. The van der Waals surface area contributed by atoms with Crippen LogP contribution in [-0.2, 0) is 6.54 Å². The molecule has 6 nitrogen and oxygen atoms in total. The van der Waals surface area contributed by atoms with E-state index in [0.29, 0.717) is 12.1 Å². The summed E-state index contributed by atoms with van der Waals surface area (Å²) in [5.74, 6) is 1.96.